The van der Waals surface area contributed by atoms with Crippen LogP contribution in [0.3, 0.4) is 0 Å². The number of benzene rings is 1. The first kappa shape index (κ1) is 12.5. The summed E-state index contributed by atoms with van der Waals surface area (Å²) < 4.78 is 13.8. The molecule has 2 nitrogen and oxygen atoms in total. The Hall–Kier alpha value is -0.940. The zero-order valence-corrected chi connectivity index (χ0v) is 10.8. The van der Waals surface area contributed by atoms with E-state index >= 15 is 0 Å². The molecule has 3 N–H and O–H groups in total. The van der Waals surface area contributed by atoms with Crippen molar-refractivity contribution < 1.29 is 4.39 Å². The van der Waals surface area contributed by atoms with E-state index in [4.69, 9.17) is 17.4 Å². The predicted octanol–water partition coefficient (Wildman–Crippen LogP) is 3.40. The number of nitrogens with two attached hydrogens (primary N) is 1. The second-order valence-corrected chi connectivity index (χ2v) is 5.41. The van der Waals surface area contributed by atoms with Crippen LogP contribution in [0, 0.1) is 12.7 Å². The summed E-state index contributed by atoms with van der Waals surface area (Å²) in [5, 5.41) is 0.374. The number of aryl methyl sites for hydroxylation is 1. The maximum Gasteiger partial charge on any atom is 0.129 e. The molecule has 5 heteroatoms. The summed E-state index contributed by atoms with van der Waals surface area (Å²) in [5.41, 5.74) is 3.00. The molecule has 1 heterocycles. The van der Waals surface area contributed by atoms with Gasteiger partial charge in [0.05, 0.1) is 6.04 Å². The maximum atomic E-state index is 13.8. The van der Waals surface area contributed by atoms with Crippen molar-refractivity contribution in [3.05, 3.63) is 56.5 Å². The van der Waals surface area contributed by atoms with Crippen molar-refractivity contribution in [2.24, 2.45) is 5.84 Å². The van der Waals surface area contributed by atoms with Crippen molar-refractivity contribution in [3.8, 4) is 0 Å². The highest BCUT2D eigenvalue weighted by Crippen LogP contribution is 2.33. The van der Waals surface area contributed by atoms with Crippen molar-refractivity contribution in [1.29, 1.82) is 0 Å². The third kappa shape index (κ3) is 2.50. The van der Waals surface area contributed by atoms with Crippen LogP contribution in [0.5, 0.6) is 0 Å². The molecule has 0 fully saturated rings. The average molecular weight is 271 g/mol. The molecule has 0 amide bonds. The van der Waals surface area contributed by atoms with Gasteiger partial charge < -0.3 is 0 Å². The van der Waals surface area contributed by atoms with Crippen molar-refractivity contribution in [2.75, 3.05) is 0 Å². The lowest BCUT2D eigenvalue weighted by molar-refractivity contribution is 0.564. The molecule has 1 aromatic heterocycles. The van der Waals surface area contributed by atoms with Crippen molar-refractivity contribution in [1.82, 2.24) is 5.43 Å². The number of rotatable bonds is 3. The summed E-state index contributed by atoms with van der Waals surface area (Å²) >= 11 is 7.59. The Labute approximate surface area is 108 Å². The highest BCUT2D eigenvalue weighted by Gasteiger charge is 2.20. The number of hydrazine groups is 1. The number of halogens is 2. The normalized spacial score (nSPS) is 12.7. The predicted molar refractivity (Wildman–Crippen MR) is 69.6 cm³/mol. The van der Waals surface area contributed by atoms with E-state index in [0.29, 0.717) is 10.6 Å². The fraction of sp³-hybridized carbons (Fsp3) is 0.167. The summed E-state index contributed by atoms with van der Waals surface area (Å²) in [6.07, 6.45) is 0. The Bertz CT molecular complexity index is 507. The van der Waals surface area contributed by atoms with Gasteiger partial charge in [-0.15, -0.1) is 11.3 Å². The molecule has 0 saturated carbocycles. The summed E-state index contributed by atoms with van der Waals surface area (Å²) in [4.78, 5) is 2.09. The number of thiophene rings is 1. The van der Waals surface area contributed by atoms with Crippen LogP contribution in [0.2, 0.25) is 5.02 Å². The molecule has 90 valence electrons. The van der Waals surface area contributed by atoms with E-state index in [1.807, 2.05) is 19.1 Å². The largest absolute Gasteiger partial charge is 0.271 e. The highest BCUT2D eigenvalue weighted by atomic mass is 35.5. The molecule has 0 aliphatic carbocycles. The first-order chi connectivity index (χ1) is 8.13. The molecule has 0 radical (unpaired) electrons. The minimum absolute atomic E-state index is 0.355. The summed E-state index contributed by atoms with van der Waals surface area (Å²) in [7, 11) is 0. The van der Waals surface area contributed by atoms with Crippen molar-refractivity contribution >= 4 is 22.9 Å². The maximum absolute atomic E-state index is 13.8. The summed E-state index contributed by atoms with van der Waals surface area (Å²) in [6.45, 7) is 1.99. The van der Waals surface area contributed by atoms with Crippen molar-refractivity contribution in [3.63, 3.8) is 0 Å². The molecule has 1 unspecified atom stereocenters. The van der Waals surface area contributed by atoms with Gasteiger partial charge in [-0.25, -0.2) is 9.82 Å². The van der Waals surface area contributed by atoms with E-state index in [0.717, 1.165) is 9.75 Å². The molecular weight excluding hydrogens is 259 g/mol. The molecular formula is C12H12ClFN2S. The van der Waals surface area contributed by atoms with Gasteiger partial charge in [0.2, 0.25) is 0 Å². The summed E-state index contributed by atoms with van der Waals surface area (Å²) in [5.74, 6) is 5.16. The van der Waals surface area contributed by atoms with E-state index in [-0.39, 0.29) is 5.82 Å². The van der Waals surface area contributed by atoms with E-state index in [1.165, 1.54) is 6.07 Å². The van der Waals surface area contributed by atoms with E-state index in [9.17, 15) is 4.39 Å². The molecule has 0 saturated heterocycles. The van der Waals surface area contributed by atoms with Gasteiger partial charge >= 0.3 is 0 Å². The highest BCUT2D eigenvalue weighted by molar-refractivity contribution is 7.12. The van der Waals surface area contributed by atoms with Crippen LogP contribution in [0.1, 0.15) is 21.4 Å². The molecule has 2 rings (SSSR count). The molecule has 0 spiro atoms. The van der Waals surface area contributed by atoms with Gasteiger partial charge in [-0.2, -0.15) is 0 Å². The number of hydrogen-bond donors (Lipinski definition) is 2. The lowest BCUT2D eigenvalue weighted by Gasteiger charge is -2.16. The second-order valence-electron chi connectivity index (χ2n) is 3.68. The Balaban J connectivity index is 2.49. The Morgan fingerprint density at radius 1 is 1.35 bits per heavy atom. The van der Waals surface area contributed by atoms with Gasteiger partial charge in [0, 0.05) is 20.3 Å². The van der Waals surface area contributed by atoms with Crippen LogP contribution in [0.15, 0.2) is 30.3 Å². The van der Waals surface area contributed by atoms with Gasteiger partial charge in [0.1, 0.15) is 5.82 Å². The molecule has 0 aliphatic rings. The smallest absolute Gasteiger partial charge is 0.129 e. The fourth-order valence-corrected chi connectivity index (χ4v) is 2.92. The summed E-state index contributed by atoms with van der Waals surface area (Å²) in [6, 6.07) is 8.10. The zero-order chi connectivity index (χ0) is 12.4. The topological polar surface area (TPSA) is 38.0 Å². The Kier molecular flexibility index (Phi) is 3.79. The standard InChI is InChI=1S/C12H12ClFN2S/c1-7-5-6-10(17-7)12(16-15)11-8(13)3-2-4-9(11)14/h2-6,12,16H,15H2,1H3. The lowest BCUT2D eigenvalue weighted by Crippen LogP contribution is -2.29. The first-order valence-corrected chi connectivity index (χ1v) is 6.29. The molecule has 1 atom stereocenters. The third-order valence-corrected chi connectivity index (χ3v) is 3.90. The Morgan fingerprint density at radius 2 is 2.12 bits per heavy atom. The Morgan fingerprint density at radius 3 is 2.65 bits per heavy atom. The second kappa shape index (κ2) is 5.14. The SMILES string of the molecule is Cc1ccc(C(NN)c2c(F)cccc2Cl)s1. The minimum atomic E-state index is -0.414. The van der Waals surface area contributed by atoms with E-state index in [1.54, 1.807) is 23.5 Å². The van der Waals surface area contributed by atoms with Crippen LogP contribution in [-0.2, 0) is 0 Å². The molecule has 1 aromatic carbocycles. The van der Waals surface area contributed by atoms with Gasteiger partial charge in [-0.3, -0.25) is 5.84 Å². The zero-order valence-electron chi connectivity index (χ0n) is 9.21. The van der Waals surface area contributed by atoms with Crippen LogP contribution in [0.25, 0.3) is 0 Å². The average Bonchev–Trinajstić information content (AvgIpc) is 2.70. The van der Waals surface area contributed by atoms with E-state index in [2.05, 4.69) is 5.43 Å². The van der Waals surface area contributed by atoms with Gasteiger partial charge in [-0.05, 0) is 31.2 Å². The fourth-order valence-electron chi connectivity index (χ4n) is 1.70. The quantitative estimate of drug-likeness (QED) is 0.663. The van der Waals surface area contributed by atoms with Gasteiger partial charge in [-0.1, -0.05) is 17.7 Å². The molecule has 17 heavy (non-hydrogen) atoms. The molecule has 0 bridgehead atoms. The van der Waals surface area contributed by atoms with Crippen molar-refractivity contribution in [2.45, 2.75) is 13.0 Å². The van der Waals surface area contributed by atoms with Crippen LogP contribution in [-0.4, -0.2) is 0 Å². The van der Waals surface area contributed by atoms with Crippen LogP contribution in [0.4, 0.5) is 4.39 Å². The van der Waals surface area contributed by atoms with Crippen LogP contribution < -0.4 is 11.3 Å². The third-order valence-electron chi connectivity index (χ3n) is 2.50. The first-order valence-electron chi connectivity index (χ1n) is 5.10. The van der Waals surface area contributed by atoms with Gasteiger partial charge in [0.15, 0.2) is 0 Å². The number of hydrogen-bond acceptors (Lipinski definition) is 3. The van der Waals surface area contributed by atoms with Gasteiger partial charge in [0.25, 0.3) is 0 Å². The number of nitrogens with one attached hydrogen (secondary N) is 1. The molecule has 0 aliphatic heterocycles. The molecule has 2 aromatic rings. The van der Waals surface area contributed by atoms with E-state index < -0.39 is 6.04 Å². The minimum Gasteiger partial charge on any atom is -0.271 e. The monoisotopic (exact) mass is 270 g/mol. The van der Waals surface area contributed by atoms with Crippen LogP contribution >= 0.6 is 22.9 Å². The lowest BCUT2D eigenvalue weighted by atomic mass is 10.1.